The number of fused-ring (bicyclic) bond motifs is 1. The zero-order valence-electron chi connectivity index (χ0n) is 18.1. The molecule has 0 unspecified atom stereocenters. The molecule has 2 aromatic heterocycles. The lowest BCUT2D eigenvalue weighted by molar-refractivity contribution is -0.130. The second-order valence-electron chi connectivity index (χ2n) is 7.93. The number of pyridine rings is 1. The molecule has 2 amide bonds. The van der Waals surface area contributed by atoms with Crippen LogP contribution in [0.5, 0.6) is 5.75 Å². The number of amides is 2. The zero-order valence-corrected chi connectivity index (χ0v) is 18.1. The quantitative estimate of drug-likeness (QED) is 0.600. The van der Waals surface area contributed by atoms with Crippen molar-refractivity contribution in [3.8, 4) is 5.75 Å². The van der Waals surface area contributed by atoms with Crippen LogP contribution in [0.2, 0.25) is 0 Å². The van der Waals surface area contributed by atoms with Gasteiger partial charge in [-0.05, 0) is 23.8 Å². The van der Waals surface area contributed by atoms with Crippen molar-refractivity contribution in [2.75, 3.05) is 26.2 Å². The monoisotopic (exact) mass is 453 g/mol. The molecule has 1 aliphatic heterocycles. The van der Waals surface area contributed by atoms with Gasteiger partial charge < -0.3 is 15.3 Å². The number of rotatable bonds is 5. The van der Waals surface area contributed by atoms with E-state index in [0.717, 1.165) is 5.56 Å². The Hall–Kier alpha value is -3.79. The Labute approximate surface area is 189 Å². The van der Waals surface area contributed by atoms with Crippen LogP contribution in [-0.2, 0) is 17.9 Å². The van der Waals surface area contributed by atoms with Crippen molar-refractivity contribution in [1.82, 2.24) is 24.5 Å². The van der Waals surface area contributed by atoms with E-state index in [2.05, 4.69) is 15.2 Å². The Balaban J connectivity index is 1.57. The van der Waals surface area contributed by atoms with Crippen molar-refractivity contribution in [3.05, 3.63) is 75.6 Å². The van der Waals surface area contributed by atoms with Crippen LogP contribution in [0.25, 0.3) is 5.65 Å². The molecule has 33 heavy (non-hydrogen) atoms. The van der Waals surface area contributed by atoms with Gasteiger partial charge in [-0.2, -0.15) is 0 Å². The van der Waals surface area contributed by atoms with E-state index in [4.69, 9.17) is 0 Å². The molecule has 1 saturated heterocycles. The Morgan fingerprint density at radius 2 is 1.82 bits per heavy atom. The number of piperazine rings is 1. The van der Waals surface area contributed by atoms with Gasteiger partial charge in [-0.25, -0.2) is 9.37 Å². The van der Waals surface area contributed by atoms with Crippen molar-refractivity contribution < 1.29 is 19.1 Å². The average Bonchev–Trinajstić information content (AvgIpc) is 2.81. The molecule has 9 nitrogen and oxygen atoms in total. The predicted molar refractivity (Wildman–Crippen MR) is 118 cm³/mol. The van der Waals surface area contributed by atoms with Gasteiger partial charge in [0.1, 0.15) is 11.5 Å². The zero-order chi connectivity index (χ0) is 23.5. The van der Waals surface area contributed by atoms with Crippen LogP contribution >= 0.6 is 0 Å². The van der Waals surface area contributed by atoms with Gasteiger partial charge in [0.15, 0.2) is 5.69 Å². The molecule has 3 aromatic rings. The third kappa shape index (κ3) is 4.85. The standard InChI is InChI=1S/C23H24FN5O4/c1-15(30)28-11-9-27(10-12-28)14-17-3-2-8-29-21(17)26-19(20(31)23(29)33)22(32)25-13-16-4-6-18(24)7-5-16/h2-8,31H,9-14H2,1H3,(H,25,32). The summed E-state index contributed by atoms with van der Waals surface area (Å²) < 4.78 is 14.3. The van der Waals surface area contributed by atoms with Crippen LogP contribution in [0.4, 0.5) is 4.39 Å². The molecule has 0 radical (unpaired) electrons. The molecule has 0 aliphatic carbocycles. The van der Waals surface area contributed by atoms with Gasteiger partial charge in [0.2, 0.25) is 11.7 Å². The highest BCUT2D eigenvalue weighted by atomic mass is 19.1. The lowest BCUT2D eigenvalue weighted by Crippen LogP contribution is -2.47. The normalized spacial score (nSPS) is 14.4. The summed E-state index contributed by atoms with van der Waals surface area (Å²) in [5, 5.41) is 12.9. The second kappa shape index (κ2) is 9.37. The first-order valence-corrected chi connectivity index (χ1v) is 10.6. The molecule has 10 heteroatoms. The summed E-state index contributed by atoms with van der Waals surface area (Å²) in [5.41, 5.74) is 0.554. The molecule has 0 saturated carbocycles. The maximum absolute atomic E-state index is 13.1. The molecular weight excluding hydrogens is 429 g/mol. The fourth-order valence-corrected chi connectivity index (χ4v) is 3.82. The predicted octanol–water partition coefficient (Wildman–Crippen LogP) is 1.13. The minimum absolute atomic E-state index is 0.0415. The number of carbonyl (C=O) groups excluding carboxylic acids is 2. The number of hydrogen-bond acceptors (Lipinski definition) is 6. The first-order chi connectivity index (χ1) is 15.8. The summed E-state index contributed by atoms with van der Waals surface area (Å²) in [6.07, 6.45) is 1.49. The van der Waals surface area contributed by atoms with Gasteiger partial charge in [0.25, 0.3) is 5.91 Å². The van der Waals surface area contributed by atoms with Gasteiger partial charge >= 0.3 is 5.56 Å². The minimum Gasteiger partial charge on any atom is -0.501 e. The third-order valence-corrected chi connectivity index (χ3v) is 5.70. The molecule has 1 fully saturated rings. The van der Waals surface area contributed by atoms with E-state index in [9.17, 15) is 23.9 Å². The summed E-state index contributed by atoms with van der Waals surface area (Å²) in [7, 11) is 0. The second-order valence-corrected chi connectivity index (χ2v) is 7.93. The van der Waals surface area contributed by atoms with Crippen LogP contribution in [-0.4, -0.2) is 62.3 Å². The van der Waals surface area contributed by atoms with Gasteiger partial charge in [-0.1, -0.05) is 18.2 Å². The molecule has 1 aromatic carbocycles. The van der Waals surface area contributed by atoms with E-state index < -0.39 is 17.2 Å². The van der Waals surface area contributed by atoms with Crippen LogP contribution in [0.3, 0.4) is 0 Å². The summed E-state index contributed by atoms with van der Waals surface area (Å²) in [4.78, 5) is 45.2. The summed E-state index contributed by atoms with van der Waals surface area (Å²) in [5.74, 6) is -1.79. The number of nitrogens with one attached hydrogen (secondary N) is 1. The molecule has 0 bridgehead atoms. The minimum atomic E-state index is -0.741. The van der Waals surface area contributed by atoms with Crippen LogP contribution in [0, 0.1) is 5.82 Å². The molecular formula is C23H24FN5O4. The Morgan fingerprint density at radius 3 is 2.48 bits per heavy atom. The van der Waals surface area contributed by atoms with Crippen LogP contribution in [0.1, 0.15) is 28.5 Å². The number of carbonyl (C=O) groups is 2. The summed E-state index contributed by atoms with van der Waals surface area (Å²) in [6.45, 7) is 4.69. The smallest absolute Gasteiger partial charge is 0.300 e. The fraction of sp³-hybridized carbons (Fsp3) is 0.304. The third-order valence-electron chi connectivity index (χ3n) is 5.70. The molecule has 3 heterocycles. The lowest BCUT2D eigenvalue weighted by Gasteiger charge is -2.34. The molecule has 2 N–H and O–H groups in total. The van der Waals surface area contributed by atoms with E-state index in [1.165, 1.54) is 34.9 Å². The van der Waals surface area contributed by atoms with E-state index in [0.29, 0.717) is 38.3 Å². The first kappa shape index (κ1) is 22.4. The summed E-state index contributed by atoms with van der Waals surface area (Å²) in [6, 6.07) is 9.12. The maximum Gasteiger partial charge on any atom is 0.300 e. The van der Waals surface area contributed by atoms with Gasteiger partial charge in [0, 0.05) is 58.0 Å². The van der Waals surface area contributed by atoms with E-state index in [1.54, 1.807) is 17.9 Å². The number of aromatic hydroxyl groups is 1. The van der Waals surface area contributed by atoms with Crippen molar-refractivity contribution >= 4 is 17.5 Å². The first-order valence-electron chi connectivity index (χ1n) is 10.6. The Kier molecular flexibility index (Phi) is 6.36. The molecule has 0 atom stereocenters. The topological polar surface area (TPSA) is 107 Å². The molecule has 0 spiro atoms. The van der Waals surface area contributed by atoms with Crippen molar-refractivity contribution in [2.45, 2.75) is 20.0 Å². The fourth-order valence-electron chi connectivity index (χ4n) is 3.82. The maximum atomic E-state index is 13.1. The van der Waals surface area contributed by atoms with Crippen LogP contribution < -0.4 is 10.9 Å². The highest BCUT2D eigenvalue weighted by Gasteiger charge is 2.22. The highest BCUT2D eigenvalue weighted by Crippen LogP contribution is 2.17. The average molecular weight is 453 g/mol. The molecule has 1 aliphatic rings. The van der Waals surface area contributed by atoms with Gasteiger partial charge in [-0.15, -0.1) is 0 Å². The number of nitrogens with zero attached hydrogens (tertiary/aromatic N) is 4. The molecule has 172 valence electrons. The number of benzene rings is 1. The summed E-state index contributed by atoms with van der Waals surface area (Å²) >= 11 is 0. The van der Waals surface area contributed by atoms with Crippen molar-refractivity contribution in [3.63, 3.8) is 0 Å². The Morgan fingerprint density at radius 1 is 1.12 bits per heavy atom. The number of aromatic nitrogens is 2. The van der Waals surface area contributed by atoms with Crippen LogP contribution in [0.15, 0.2) is 47.4 Å². The van der Waals surface area contributed by atoms with E-state index >= 15 is 0 Å². The number of hydrogen-bond donors (Lipinski definition) is 2. The van der Waals surface area contributed by atoms with Crippen molar-refractivity contribution in [2.24, 2.45) is 0 Å². The number of halogens is 1. The molecule has 4 rings (SSSR count). The van der Waals surface area contributed by atoms with Crippen molar-refractivity contribution in [1.29, 1.82) is 0 Å². The van der Waals surface area contributed by atoms with Gasteiger partial charge in [-0.3, -0.25) is 23.7 Å². The largest absolute Gasteiger partial charge is 0.501 e. The van der Waals surface area contributed by atoms with E-state index in [1.807, 2.05) is 6.07 Å². The highest BCUT2D eigenvalue weighted by molar-refractivity contribution is 5.95. The lowest BCUT2D eigenvalue weighted by atomic mass is 10.2. The SMILES string of the molecule is CC(=O)N1CCN(Cc2cccn3c(=O)c(O)c(C(=O)NCc4ccc(F)cc4)nc23)CC1. The van der Waals surface area contributed by atoms with E-state index in [-0.39, 0.29) is 29.6 Å². The Bertz CT molecular complexity index is 1250. The van der Waals surface area contributed by atoms with Gasteiger partial charge in [0.05, 0.1) is 0 Å².